The monoisotopic (exact) mass is 389 g/mol. The summed E-state index contributed by atoms with van der Waals surface area (Å²) >= 11 is 1.05. The molecule has 1 fully saturated rings. The van der Waals surface area contributed by atoms with Gasteiger partial charge >= 0.3 is 17.1 Å². The number of hydrogen-bond donors (Lipinski definition) is 2. The largest absolute Gasteiger partial charge is 0.416 e. The second-order valence-corrected chi connectivity index (χ2v) is 7.08. The van der Waals surface area contributed by atoms with E-state index in [4.69, 9.17) is 10.5 Å². The standard InChI is InChI=1S/C16H19F3N4O2S/c17-16(18,19)10-8-11(20)13-12(9-10)22-15(26-13)14(24)21-2-1-3-23-4-6-25-7-5-23/h8-9H,1-7,20H2,(H,21,24)/p+1. The normalized spacial score (nSPS) is 16.1. The van der Waals surface area contributed by atoms with Crippen LogP contribution in [0.1, 0.15) is 21.8 Å². The summed E-state index contributed by atoms with van der Waals surface area (Å²) in [5, 5.41) is 3.02. The fourth-order valence-corrected chi connectivity index (χ4v) is 3.71. The lowest BCUT2D eigenvalue weighted by Crippen LogP contribution is -2.38. The molecule has 0 bridgehead atoms. The van der Waals surface area contributed by atoms with Crippen LogP contribution in [0.2, 0.25) is 0 Å². The lowest BCUT2D eigenvalue weighted by atomic mass is 10.2. The summed E-state index contributed by atoms with van der Waals surface area (Å²) in [5.41, 5.74) is 5.09. The van der Waals surface area contributed by atoms with E-state index in [9.17, 15) is 18.0 Å². The molecule has 0 radical (unpaired) electrons. The third-order valence-electron chi connectivity index (χ3n) is 4.14. The molecule has 0 saturated carbocycles. The van der Waals surface area contributed by atoms with Crippen molar-refractivity contribution in [2.24, 2.45) is 0 Å². The topological polar surface area (TPSA) is 81.7 Å². The Labute approximate surface area is 152 Å². The van der Waals surface area contributed by atoms with Gasteiger partial charge in [-0.25, -0.2) is 0 Å². The summed E-state index contributed by atoms with van der Waals surface area (Å²) in [5.74, 6) is -0.346. The average Bonchev–Trinajstić information content (AvgIpc) is 3.04. The van der Waals surface area contributed by atoms with E-state index in [1.165, 1.54) is 0 Å². The molecule has 0 unspecified atom stereocenters. The van der Waals surface area contributed by atoms with Crippen LogP contribution in [0, 0.1) is 0 Å². The van der Waals surface area contributed by atoms with E-state index in [2.05, 4.69) is 15.2 Å². The number of amides is 1. The molecule has 3 rings (SSSR count). The van der Waals surface area contributed by atoms with Crippen LogP contribution in [0.15, 0.2) is 12.1 Å². The molecule has 1 saturated heterocycles. The van der Waals surface area contributed by atoms with Gasteiger partial charge in [0.1, 0.15) is 4.70 Å². The molecule has 2 aromatic rings. The van der Waals surface area contributed by atoms with Crippen LogP contribution in [0.5, 0.6) is 0 Å². The van der Waals surface area contributed by atoms with Crippen molar-refractivity contribution < 1.29 is 27.7 Å². The number of thiazole rings is 1. The van der Waals surface area contributed by atoms with Crippen LogP contribution < -0.4 is 16.0 Å². The quantitative estimate of drug-likeness (QED) is 0.603. The number of benzene rings is 1. The zero-order valence-electron chi connectivity index (χ0n) is 14.0. The van der Waals surface area contributed by atoms with Crippen molar-refractivity contribution in [3.05, 3.63) is 22.7 Å². The second-order valence-electron chi connectivity index (χ2n) is 6.06. The number of alkyl halides is 3. The first-order valence-corrected chi connectivity index (χ1v) is 9.07. The number of nitrogens with two attached hydrogens (primary N) is 1. The highest BCUT2D eigenvalue weighted by Gasteiger charge is 2.33. The number of carbonyl (C=O) groups is 1. The van der Waals surface area contributed by atoms with Gasteiger partial charge in [-0.05, 0) is 19.0 Å². The minimum absolute atomic E-state index is 0.00226. The number of nitrogens with one attached hydrogen (secondary N) is 2. The maximum Gasteiger partial charge on any atom is 0.416 e. The van der Waals surface area contributed by atoms with Crippen LogP contribution in [0.25, 0.3) is 10.2 Å². The van der Waals surface area contributed by atoms with E-state index in [1.807, 2.05) is 0 Å². The van der Waals surface area contributed by atoms with E-state index in [-0.39, 0.29) is 22.1 Å². The Kier molecular flexibility index (Phi) is 5.64. The lowest BCUT2D eigenvalue weighted by Gasteiger charge is -2.26. The number of carbonyl (C=O) groups excluding carboxylic acids is 1. The number of morpholine rings is 1. The van der Waals surface area contributed by atoms with Crippen molar-refractivity contribution in [1.29, 1.82) is 0 Å². The first-order valence-electron chi connectivity index (χ1n) is 8.25. The number of nitrogen functional groups attached to an aromatic ring is 1. The number of anilines is 1. The minimum atomic E-state index is -4.49. The van der Waals surface area contributed by atoms with Gasteiger partial charge in [-0.2, -0.15) is 18.2 Å². The van der Waals surface area contributed by atoms with Gasteiger partial charge in [0.25, 0.3) is 0 Å². The number of aromatic nitrogens is 1. The van der Waals surface area contributed by atoms with Crippen molar-refractivity contribution in [2.45, 2.75) is 12.6 Å². The number of nitrogens with zero attached hydrogens (tertiary/aromatic N) is 1. The van der Waals surface area contributed by atoms with Crippen molar-refractivity contribution in [3.8, 4) is 0 Å². The van der Waals surface area contributed by atoms with Gasteiger partial charge in [0.15, 0.2) is 0 Å². The zero-order valence-corrected chi connectivity index (χ0v) is 14.8. The van der Waals surface area contributed by atoms with Gasteiger partial charge in [-0.1, -0.05) is 11.3 Å². The van der Waals surface area contributed by atoms with E-state index < -0.39 is 11.7 Å². The lowest BCUT2D eigenvalue weighted by molar-refractivity contribution is -0.342. The third kappa shape index (κ3) is 4.43. The highest BCUT2D eigenvalue weighted by atomic mass is 32.1. The summed E-state index contributed by atoms with van der Waals surface area (Å²) in [7, 11) is 0. The molecule has 1 aromatic carbocycles. The Morgan fingerprint density at radius 2 is 2.08 bits per heavy atom. The molecule has 26 heavy (non-hydrogen) atoms. The van der Waals surface area contributed by atoms with Crippen LogP contribution in [0.4, 0.5) is 18.9 Å². The Bertz CT molecular complexity index is 788. The molecule has 6 nitrogen and oxygen atoms in total. The number of ether oxygens (including phenoxy) is 1. The summed E-state index contributed by atoms with van der Waals surface area (Å²) in [6, 6.07) is 1.86. The van der Waals surface area contributed by atoms with E-state index in [1.54, 1.807) is 0 Å². The Morgan fingerprint density at radius 1 is 1.35 bits per heavy atom. The van der Waals surface area contributed by atoms with E-state index in [0.717, 1.165) is 62.7 Å². The predicted octanol–water partition coefficient (Wildman–Crippen LogP) is 1.77. The fourth-order valence-electron chi connectivity index (χ4n) is 2.78. The van der Waals surface area contributed by atoms with Gasteiger partial charge in [0.05, 0.1) is 24.5 Å². The van der Waals surface area contributed by atoms with Crippen LogP contribution in [0.3, 0.4) is 0 Å². The molecular weight excluding hydrogens is 369 g/mol. The first kappa shape index (κ1) is 18.9. The molecule has 142 valence electrons. The van der Waals surface area contributed by atoms with Gasteiger partial charge in [0, 0.05) is 25.7 Å². The third-order valence-corrected chi connectivity index (χ3v) is 5.30. The van der Waals surface area contributed by atoms with Gasteiger partial charge in [-0.15, -0.1) is 0 Å². The molecule has 1 amide bonds. The smallest absolute Gasteiger partial charge is 0.397 e. The summed E-state index contributed by atoms with van der Waals surface area (Å²) in [6.07, 6.45) is -3.70. The Morgan fingerprint density at radius 3 is 2.77 bits per heavy atom. The van der Waals surface area contributed by atoms with Crippen LogP contribution in [-0.2, 0) is 10.9 Å². The molecule has 1 aromatic heterocycles. The van der Waals surface area contributed by atoms with Gasteiger partial charge in [-0.3, -0.25) is 9.69 Å². The molecule has 0 spiro atoms. The van der Waals surface area contributed by atoms with Crippen LogP contribution >= 0.6 is 11.3 Å². The maximum atomic E-state index is 12.9. The number of hydrogen-bond acceptors (Lipinski definition) is 5. The molecule has 10 heteroatoms. The van der Waals surface area contributed by atoms with Crippen LogP contribution in [-0.4, -0.2) is 50.2 Å². The number of halogens is 3. The molecule has 1 aliphatic rings. The Hall–Kier alpha value is -1.91. The average molecular weight is 389 g/mol. The molecule has 0 atom stereocenters. The number of aromatic amines is 1. The molecule has 2 heterocycles. The van der Waals surface area contributed by atoms with E-state index >= 15 is 0 Å². The molecule has 0 aliphatic carbocycles. The van der Waals surface area contributed by atoms with Crippen molar-refractivity contribution in [3.63, 3.8) is 0 Å². The molecular formula is C16H20F3N4O2S+. The molecule has 4 N–H and O–H groups in total. The highest BCUT2D eigenvalue weighted by Crippen LogP contribution is 2.35. The van der Waals surface area contributed by atoms with Crippen molar-refractivity contribution in [2.75, 3.05) is 45.1 Å². The van der Waals surface area contributed by atoms with Crippen molar-refractivity contribution in [1.82, 2.24) is 10.2 Å². The van der Waals surface area contributed by atoms with Gasteiger partial charge in [0.2, 0.25) is 5.52 Å². The predicted molar refractivity (Wildman–Crippen MR) is 92.0 cm³/mol. The number of H-pyrrole nitrogens is 1. The first-order chi connectivity index (χ1) is 12.3. The summed E-state index contributed by atoms with van der Waals surface area (Å²) in [6.45, 7) is 4.58. The number of rotatable bonds is 5. The Balaban J connectivity index is 1.60. The SMILES string of the molecule is Nc1cc(C(F)(F)F)cc2[nH+]c(C(=O)NCCCN3CCOCC3)sc12. The minimum Gasteiger partial charge on any atom is -0.397 e. The summed E-state index contributed by atoms with van der Waals surface area (Å²) < 4.78 is 44.3. The maximum absolute atomic E-state index is 12.9. The molecule has 1 aliphatic heterocycles. The van der Waals surface area contributed by atoms with E-state index in [0.29, 0.717) is 11.2 Å². The highest BCUT2D eigenvalue weighted by molar-refractivity contribution is 7.20. The van der Waals surface area contributed by atoms with Crippen molar-refractivity contribution >= 4 is 33.1 Å². The number of fused-ring (bicyclic) bond motifs is 1. The fraction of sp³-hybridized carbons (Fsp3) is 0.500. The summed E-state index contributed by atoms with van der Waals surface area (Å²) in [4.78, 5) is 17.2. The van der Waals surface area contributed by atoms with Gasteiger partial charge < -0.3 is 15.8 Å². The zero-order chi connectivity index (χ0) is 18.7. The second kappa shape index (κ2) is 7.77.